The molecular weight excluding hydrogens is 160 g/mol. The molecule has 0 fully saturated rings. The van der Waals surface area contributed by atoms with Gasteiger partial charge in [-0.15, -0.1) is 0 Å². The third-order valence-corrected chi connectivity index (χ3v) is 1.29. The van der Waals surface area contributed by atoms with Crippen molar-refractivity contribution in [2.24, 2.45) is 9.98 Å². The van der Waals surface area contributed by atoms with Crippen LogP contribution in [0.25, 0.3) is 0 Å². The van der Waals surface area contributed by atoms with Crippen LogP contribution in [0, 0.1) is 0 Å². The van der Waals surface area contributed by atoms with Gasteiger partial charge >= 0.3 is 11.8 Å². The Morgan fingerprint density at radius 1 is 1.08 bits per heavy atom. The van der Waals surface area contributed by atoms with Crippen molar-refractivity contribution in [2.75, 3.05) is 0 Å². The molecule has 2 rings (SSSR count). The third-order valence-electron chi connectivity index (χ3n) is 1.29. The zero-order valence-electron chi connectivity index (χ0n) is 5.76. The Kier molecular flexibility index (Phi) is 1.26. The number of fused-ring (bicyclic) bond motifs is 1. The summed E-state index contributed by atoms with van der Waals surface area (Å²) in [6.45, 7) is 0. The summed E-state index contributed by atoms with van der Waals surface area (Å²) in [6, 6.07) is 0. The van der Waals surface area contributed by atoms with E-state index >= 15 is 0 Å². The van der Waals surface area contributed by atoms with Crippen LogP contribution in [0.5, 0.6) is 0 Å². The van der Waals surface area contributed by atoms with Crippen molar-refractivity contribution >= 4 is 11.8 Å². The van der Waals surface area contributed by atoms with Crippen LogP contribution in [0.1, 0.15) is 0 Å². The number of hydrogen-bond donors (Lipinski definition) is 0. The highest BCUT2D eigenvalue weighted by Gasteiger charge is 2.14. The quantitative estimate of drug-likeness (QED) is 0.404. The molecule has 6 nitrogen and oxygen atoms in total. The van der Waals surface area contributed by atoms with Gasteiger partial charge < -0.3 is 0 Å². The molecule has 0 saturated carbocycles. The smallest absolute Gasteiger partial charge is 0.261 e. The molecule has 2 heterocycles. The lowest BCUT2D eigenvalue weighted by Gasteiger charge is -1.93. The Labute approximate surface area is 65.7 Å². The van der Waals surface area contributed by atoms with E-state index in [9.17, 15) is 9.59 Å². The van der Waals surface area contributed by atoms with Gasteiger partial charge in [-0.05, 0) is 0 Å². The summed E-state index contributed by atoms with van der Waals surface area (Å²) < 4.78 is 0. The molecule has 12 heavy (non-hydrogen) atoms. The van der Waals surface area contributed by atoms with Crippen molar-refractivity contribution in [3.8, 4) is 0 Å². The Morgan fingerprint density at radius 2 is 1.83 bits per heavy atom. The molecule has 1 aliphatic rings. The molecule has 2 amide bonds. The molecule has 0 N–H and O–H groups in total. The summed E-state index contributed by atoms with van der Waals surface area (Å²) in [5.41, 5.74) is 0.148. The van der Waals surface area contributed by atoms with Crippen LogP contribution >= 0.6 is 0 Å². The highest BCUT2D eigenvalue weighted by molar-refractivity contribution is 6.36. The van der Waals surface area contributed by atoms with Gasteiger partial charge in [0.2, 0.25) is 0 Å². The highest BCUT2D eigenvalue weighted by Crippen LogP contribution is 1.81. The summed E-state index contributed by atoms with van der Waals surface area (Å²) in [5, 5.41) is 0.238. The van der Waals surface area contributed by atoms with Crippen molar-refractivity contribution in [3.05, 3.63) is 23.4 Å². The topological polar surface area (TPSA) is 84.6 Å². The predicted molar refractivity (Wildman–Crippen MR) is 34.4 cm³/mol. The summed E-state index contributed by atoms with van der Waals surface area (Å²) in [6.07, 6.45) is 2.57. The number of nitrogens with zero attached hydrogens (tertiary/aromatic N) is 4. The Bertz CT molecular complexity index is 434. The van der Waals surface area contributed by atoms with E-state index in [1.54, 1.807) is 0 Å². The van der Waals surface area contributed by atoms with Crippen molar-refractivity contribution in [1.82, 2.24) is 9.97 Å². The number of rotatable bonds is 0. The second-order valence-electron chi connectivity index (χ2n) is 2.07. The normalized spacial score (nSPS) is 14.7. The fourth-order valence-electron chi connectivity index (χ4n) is 0.782. The molecule has 0 aromatic carbocycles. The molecular formula is C6H2N4O2. The van der Waals surface area contributed by atoms with E-state index in [1.165, 1.54) is 12.5 Å². The molecule has 0 spiro atoms. The maximum atomic E-state index is 10.7. The molecule has 0 bridgehead atoms. The first-order chi connectivity index (χ1) is 5.77. The van der Waals surface area contributed by atoms with Gasteiger partial charge in [-0.2, -0.15) is 9.98 Å². The monoisotopic (exact) mass is 162 g/mol. The number of carbonyl (C=O) groups excluding carboxylic acids is 2. The Hall–Kier alpha value is -1.98. The second kappa shape index (κ2) is 2.26. The molecule has 58 valence electrons. The van der Waals surface area contributed by atoms with Crippen LogP contribution in [0.3, 0.4) is 0 Å². The van der Waals surface area contributed by atoms with Gasteiger partial charge in [0.05, 0.1) is 6.20 Å². The van der Waals surface area contributed by atoms with Gasteiger partial charge in [0.1, 0.15) is 11.7 Å². The summed E-state index contributed by atoms with van der Waals surface area (Å²) in [4.78, 5) is 35.5. The average molecular weight is 162 g/mol. The second-order valence-corrected chi connectivity index (χ2v) is 2.07. The van der Waals surface area contributed by atoms with Crippen molar-refractivity contribution in [3.63, 3.8) is 0 Å². The van der Waals surface area contributed by atoms with Crippen LogP contribution < -0.4 is 10.8 Å². The lowest BCUT2D eigenvalue weighted by molar-refractivity contribution is -0.135. The van der Waals surface area contributed by atoms with Crippen LogP contribution in [0.4, 0.5) is 0 Å². The third kappa shape index (κ3) is 0.895. The van der Waals surface area contributed by atoms with Gasteiger partial charge in [0, 0.05) is 0 Å². The predicted octanol–water partition coefficient (Wildman–Crippen LogP) is -2.22. The Balaban J connectivity index is 2.87. The number of hydrogen-bond acceptors (Lipinski definition) is 4. The van der Waals surface area contributed by atoms with E-state index in [0.717, 1.165) is 0 Å². The zero-order chi connectivity index (χ0) is 8.55. The fraction of sp³-hybridized carbons (Fsp3) is 0. The maximum Gasteiger partial charge on any atom is 0.339 e. The van der Waals surface area contributed by atoms with Gasteiger partial charge in [0.15, 0.2) is 5.49 Å². The van der Waals surface area contributed by atoms with E-state index in [0.29, 0.717) is 0 Å². The lowest BCUT2D eigenvalue weighted by atomic mass is 10.5. The van der Waals surface area contributed by atoms with Crippen LogP contribution in [0.15, 0.2) is 22.5 Å². The van der Waals surface area contributed by atoms with Gasteiger partial charge in [-0.3, -0.25) is 9.59 Å². The summed E-state index contributed by atoms with van der Waals surface area (Å²) >= 11 is 0. The molecule has 6 heteroatoms. The molecule has 0 atom stereocenters. The number of carbonyl (C=O) groups is 2. The molecule has 1 aromatic rings. The van der Waals surface area contributed by atoms with Crippen LogP contribution in [0.2, 0.25) is 0 Å². The van der Waals surface area contributed by atoms with Gasteiger partial charge in [0.25, 0.3) is 0 Å². The zero-order valence-corrected chi connectivity index (χ0v) is 5.76. The first-order valence-electron chi connectivity index (χ1n) is 3.09. The Morgan fingerprint density at radius 3 is 2.67 bits per heavy atom. The molecule has 1 aromatic heterocycles. The van der Waals surface area contributed by atoms with Gasteiger partial charge in [-0.1, -0.05) is 0 Å². The molecule has 0 radical (unpaired) electrons. The van der Waals surface area contributed by atoms with Crippen molar-refractivity contribution in [2.45, 2.75) is 0 Å². The van der Waals surface area contributed by atoms with E-state index in [1.807, 2.05) is 0 Å². The highest BCUT2D eigenvalue weighted by atomic mass is 16.2. The lowest BCUT2D eigenvalue weighted by Crippen LogP contribution is -2.36. The minimum Gasteiger partial charge on any atom is -0.261 e. The molecule has 1 aliphatic heterocycles. The van der Waals surface area contributed by atoms with Crippen LogP contribution in [-0.4, -0.2) is 21.8 Å². The minimum absolute atomic E-state index is 0.148. The number of aromatic nitrogens is 2. The van der Waals surface area contributed by atoms with Crippen molar-refractivity contribution in [1.29, 1.82) is 0 Å². The fourth-order valence-corrected chi connectivity index (χ4v) is 0.782. The average Bonchev–Trinajstić information content (AvgIpc) is 2.07. The first kappa shape index (κ1) is 6.71. The van der Waals surface area contributed by atoms with E-state index in [4.69, 9.17) is 0 Å². The maximum absolute atomic E-state index is 10.7. The largest absolute Gasteiger partial charge is 0.339 e. The molecule has 0 saturated heterocycles. The number of amides is 2. The SMILES string of the molecule is O=C1N=c2cncnc2=NC1=O. The van der Waals surface area contributed by atoms with Crippen molar-refractivity contribution < 1.29 is 9.59 Å². The molecule has 0 aliphatic carbocycles. The first-order valence-corrected chi connectivity index (χ1v) is 3.09. The summed E-state index contributed by atoms with van der Waals surface area (Å²) in [7, 11) is 0. The summed E-state index contributed by atoms with van der Waals surface area (Å²) in [5.74, 6) is -1.77. The van der Waals surface area contributed by atoms with E-state index in [2.05, 4.69) is 20.0 Å². The van der Waals surface area contributed by atoms with E-state index in [-0.39, 0.29) is 10.8 Å². The van der Waals surface area contributed by atoms with E-state index < -0.39 is 11.8 Å². The standard InChI is InChI=1S/C6H2N4O2/c11-5-6(12)10-4-3(9-5)1-7-2-8-4/h1-2H. The molecule has 0 unspecified atom stereocenters. The van der Waals surface area contributed by atoms with Crippen LogP contribution in [-0.2, 0) is 9.59 Å². The van der Waals surface area contributed by atoms with Gasteiger partial charge in [-0.25, -0.2) is 9.97 Å². The minimum atomic E-state index is -0.888.